The van der Waals surface area contributed by atoms with E-state index in [0.29, 0.717) is 0 Å². The lowest BCUT2D eigenvalue weighted by molar-refractivity contribution is 0.634. The van der Waals surface area contributed by atoms with Gasteiger partial charge in [-0.2, -0.15) is 0 Å². The van der Waals surface area contributed by atoms with Crippen LogP contribution in [0.5, 0.6) is 0 Å². The van der Waals surface area contributed by atoms with Gasteiger partial charge in [0.15, 0.2) is 0 Å². The number of aromatic amines is 1. The van der Waals surface area contributed by atoms with Gasteiger partial charge in [-0.3, -0.25) is 0 Å². The molecule has 0 aliphatic heterocycles. The largest absolute Gasteiger partial charge is 0.396 e. The summed E-state index contributed by atoms with van der Waals surface area (Å²) in [5, 5.41) is 2.83. The molecular weight excluding hydrogens is 225 g/mol. The summed E-state index contributed by atoms with van der Waals surface area (Å²) in [6.07, 6.45) is 0. The van der Waals surface area contributed by atoms with E-state index in [0.717, 1.165) is 22.3 Å². The second kappa shape index (κ2) is 3.31. The molecule has 2 aromatic heterocycles. The quantitative estimate of drug-likeness (QED) is 0.635. The third-order valence-electron chi connectivity index (χ3n) is 2.45. The number of benzene rings is 1. The highest BCUT2D eigenvalue weighted by Gasteiger charge is 2.07. The summed E-state index contributed by atoms with van der Waals surface area (Å²) in [7, 11) is 0. The minimum atomic E-state index is -0.404. The summed E-state index contributed by atoms with van der Waals surface area (Å²) in [4.78, 5) is 7.30. The molecule has 0 fully saturated rings. The molecule has 3 rings (SSSR count). The van der Waals surface area contributed by atoms with E-state index in [2.05, 4.69) is 9.97 Å². The Hall–Kier alpha value is -1.88. The van der Waals surface area contributed by atoms with Crippen molar-refractivity contribution in [1.29, 1.82) is 0 Å². The van der Waals surface area contributed by atoms with Crippen LogP contribution in [0.15, 0.2) is 29.1 Å². The first-order valence-electron chi connectivity index (χ1n) is 4.70. The Labute approximate surface area is 94.7 Å². The molecule has 0 atom stereocenters. The summed E-state index contributed by atoms with van der Waals surface area (Å²) in [5.41, 5.74) is 9.90. The van der Waals surface area contributed by atoms with E-state index >= 15 is 0 Å². The van der Waals surface area contributed by atoms with Gasteiger partial charge in [0.1, 0.15) is 5.82 Å². The Morgan fingerprint density at radius 1 is 1.31 bits per heavy atom. The minimum absolute atomic E-state index is 0.163. The van der Waals surface area contributed by atoms with E-state index in [-0.39, 0.29) is 5.69 Å². The van der Waals surface area contributed by atoms with Crippen LogP contribution in [0.2, 0.25) is 0 Å². The number of hydrogen-bond donors (Lipinski definition) is 2. The lowest BCUT2D eigenvalue weighted by Gasteiger charge is -1.95. The summed E-state index contributed by atoms with van der Waals surface area (Å²) < 4.78 is 13.2. The first-order valence-corrected chi connectivity index (χ1v) is 5.64. The van der Waals surface area contributed by atoms with Crippen molar-refractivity contribution < 1.29 is 4.39 Å². The van der Waals surface area contributed by atoms with E-state index < -0.39 is 5.82 Å². The minimum Gasteiger partial charge on any atom is -0.396 e. The Morgan fingerprint density at radius 3 is 2.94 bits per heavy atom. The fourth-order valence-electron chi connectivity index (χ4n) is 1.66. The highest BCUT2D eigenvalue weighted by Crippen LogP contribution is 2.26. The van der Waals surface area contributed by atoms with E-state index in [4.69, 9.17) is 5.73 Å². The van der Waals surface area contributed by atoms with Crippen molar-refractivity contribution in [2.24, 2.45) is 0 Å². The number of H-pyrrole nitrogens is 1. The molecule has 0 aliphatic carbocycles. The molecule has 0 saturated heterocycles. The van der Waals surface area contributed by atoms with Crippen LogP contribution in [-0.4, -0.2) is 9.97 Å². The van der Waals surface area contributed by atoms with Crippen LogP contribution in [0.25, 0.3) is 22.3 Å². The first-order chi connectivity index (χ1) is 7.74. The fourth-order valence-corrected chi connectivity index (χ4v) is 2.21. The number of nitrogens with one attached hydrogen (secondary N) is 1. The highest BCUT2D eigenvalue weighted by atomic mass is 32.1. The molecule has 80 valence electrons. The molecular formula is C11H8FN3S. The molecule has 3 aromatic rings. The number of anilines is 1. The standard InChI is InChI=1S/C11H8FN3S/c12-7-3-9-6(1-8(7)13)2-10(15-9)11-4-16-5-14-11/h1-5,15H,13H2. The van der Waals surface area contributed by atoms with Crippen molar-refractivity contribution in [3.8, 4) is 11.4 Å². The zero-order chi connectivity index (χ0) is 11.1. The molecule has 0 aliphatic rings. The molecule has 0 unspecified atom stereocenters. The van der Waals surface area contributed by atoms with Gasteiger partial charge in [0.25, 0.3) is 0 Å². The predicted octanol–water partition coefficient (Wildman–Crippen LogP) is 3.01. The smallest absolute Gasteiger partial charge is 0.148 e. The molecule has 3 nitrogen and oxygen atoms in total. The number of halogens is 1. The number of hydrogen-bond acceptors (Lipinski definition) is 3. The van der Waals surface area contributed by atoms with Gasteiger partial charge in [-0.1, -0.05) is 0 Å². The summed E-state index contributed by atoms with van der Waals surface area (Å²) >= 11 is 1.52. The maximum Gasteiger partial charge on any atom is 0.148 e. The van der Waals surface area contributed by atoms with Crippen molar-refractivity contribution in [2.75, 3.05) is 5.73 Å². The van der Waals surface area contributed by atoms with Crippen LogP contribution >= 0.6 is 11.3 Å². The molecule has 0 saturated carbocycles. The van der Waals surface area contributed by atoms with Crippen molar-refractivity contribution in [3.05, 3.63) is 34.9 Å². The zero-order valence-corrected chi connectivity index (χ0v) is 9.01. The number of thiazole rings is 1. The Balaban J connectivity index is 2.23. The second-order valence-electron chi connectivity index (χ2n) is 3.52. The second-order valence-corrected chi connectivity index (χ2v) is 4.24. The summed E-state index contributed by atoms with van der Waals surface area (Å²) in [5.74, 6) is -0.404. The molecule has 3 N–H and O–H groups in total. The molecule has 16 heavy (non-hydrogen) atoms. The lowest BCUT2D eigenvalue weighted by Crippen LogP contribution is -1.88. The highest BCUT2D eigenvalue weighted by molar-refractivity contribution is 7.07. The van der Waals surface area contributed by atoms with E-state index in [9.17, 15) is 4.39 Å². The predicted molar refractivity (Wildman–Crippen MR) is 63.8 cm³/mol. The number of nitrogen functional groups attached to an aromatic ring is 1. The monoisotopic (exact) mass is 233 g/mol. The fraction of sp³-hybridized carbons (Fsp3) is 0. The van der Waals surface area contributed by atoms with Crippen LogP contribution < -0.4 is 5.73 Å². The molecule has 0 radical (unpaired) electrons. The van der Waals surface area contributed by atoms with Crippen molar-refractivity contribution in [3.63, 3.8) is 0 Å². The third-order valence-corrected chi connectivity index (χ3v) is 3.03. The normalized spacial score (nSPS) is 11.1. The van der Waals surface area contributed by atoms with Crippen LogP contribution in [0.1, 0.15) is 0 Å². The van der Waals surface area contributed by atoms with Gasteiger partial charge in [0.2, 0.25) is 0 Å². The number of rotatable bonds is 1. The van der Waals surface area contributed by atoms with Crippen molar-refractivity contribution >= 4 is 27.9 Å². The third kappa shape index (κ3) is 1.37. The summed E-state index contributed by atoms with van der Waals surface area (Å²) in [6.45, 7) is 0. The zero-order valence-electron chi connectivity index (χ0n) is 8.20. The van der Waals surface area contributed by atoms with Crippen molar-refractivity contribution in [2.45, 2.75) is 0 Å². The Kier molecular flexibility index (Phi) is 1.94. The van der Waals surface area contributed by atoms with E-state index in [1.54, 1.807) is 11.6 Å². The van der Waals surface area contributed by atoms with E-state index in [1.807, 2.05) is 11.4 Å². The maximum absolute atomic E-state index is 13.2. The van der Waals surface area contributed by atoms with Gasteiger partial charge in [-0.15, -0.1) is 11.3 Å². The summed E-state index contributed by atoms with van der Waals surface area (Å²) in [6, 6.07) is 4.94. The van der Waals surface area contributed by atoms with Crippen LogP contribution in [0, 0.1) is 5.82 Å². The Morgan fingerprint density at radius 2 is 2.19 bits per heavy atom. The average molecular weight is 233 g/mol. The maximum atomic E-state index is 13.2. The lowest BCUT2D eigenvalue weighted by atomic mass is 10.2. The Bertz CT molecular complexity index is 604. The number of nitrogens with zero attached hydrogens (tertiary/aromatic N) is 1. The molecule has 2 heterocycles. The molecule has 0 spiro atoms. The first kappa shape index (κ1) is 9.35. The van der Waals surface area contributed by atoms with Crippen LogP contribution in [0.3, 0.4) is 0 Å². The van der Waals surface area contributed by atoms with Gasteiger partial charge in [-0.05, 0) is 12.1 Å². The van der Waals surface area contributed by atoms with Gasteiger partial charge in [0, 0.05) is 22.3 Å². The van der Waals surface area contributed by atoms with Crippen LogP contribution in [0.4, 0.5) is 10.1 Å². The average Bonchev–Trinajstić information content (AvgIpc) is 2.86. The van der Waals surface area contributed by atoms with Crippen LogP contribution in [-0.2, 0) is 0 Å². The molecule has 0 amide bonds. The van der Waals surface area contributed by atoms with Crippen molar-refractivity contribution in [1.82, 2.24) is 9.97 Å². The number of nitrogens with two attached hydrogens (primary N) is 1. The van der Waals surface area contributed by atoms with Gasteiger partial charge < -0.3 is 10.7 Å². The van der Waals surface area contributed by atoms with Gasteiger partial charge in [0.05, 0.1) is 22.6 Å². The number of aromatic nitrogens is 2. The number of fused-ring (bicyclic) bond motifs is 1. The molecule has 5 heteroatoms. The topological polar surface area (TPSA) is 54.7 Å². The van der Waals surface area contributed by atoms with Gasteiger partial charge in [-0.25, -0.2) is 9.37 Å². The molecule has 1 aromatic carbocycles. The SMILES string of the molecule is Nc1cc2cc(-c3cscn3)[nH]c2cc1F. The van der Waals surface area contributed by atoms with E-state index in [1.165, 1.54) is 17.4 Å². The van der Waals surface area contributed by atoms with Gasteiger partial charge >= 0.3 is 0 Å². The molecule has 0 bridgehead atoms.